The second kappa shape index (κ2) is 10.6. The zero-order valence-electron chi connectivity index (χ0n) is 17.1. The van der Waals surface area contributed by atoms with Crippen molar-refractivity contribution in [3.8, 4) is 0 Å². The summed E-state index contributed by atoms with van der Waals surface area (Å²) in [4.78, 5) is 25.1. The van der Waals surface area contributed by atoms with Gasteiger partial charge in [0.05, 0.1) is 6.10 Å². The Kier molecular flexibility index (Phi) is 8.45. The maximum absolute atomic E-state index is 12.3. The lowest BCUT2D eigenvalue weighted by molar-refractivity contribution is 0.199. The monoisotopic (exact) mass is 512 g/mol. The van der Waals surface area contributed by atoms with Crippen molar-refractivity contribution in [2.24, 2.45) is 12.0 Å². The summed E-state index contributed by atoms with van der Waals surface area (Å²) >= 11 is 0. The molecule has 2 heterocycles. The highest BCUT2D eigenvalue weighted by Gasteiger charge is 2.22. The minimum absolute atomic E-state index is 0. The molecular weight excluding hydrogens is 483 g/mol. The molecule has 1 aliphatic rings. The molecule has 8 nitrogen and oxygen atoms in total. The quantitative estimate of drug-likeness (QED) is 0.366. The maximum atomic E-state index is 12.3. The van der Waals surface area contributed by atoms with E-state index in [2.05, 4.69) is 20.2 Å². The van der Waals surface area contributed by atoms with Crippen LogP contribution >= 0.6 is 24.0 Å². The van der Waals surface area contributed by atoms with E-state index >= 15 is 0 Å². The van der Waals surface area contributed by atoms with E-state index in [1.165, 1.54) is 0 Å². The van der Waals surface area contributed by atoms with Gasteiger partial charge in [-0.2, -0.15) is 0 Å². The van der Waals surface area contributed by atoms with Crippen LogP contribution in [0.1, 0.15) is 24.2 Å². The normalized spacial score (nSPS) is 15.7. The third kappa shape index (κ3) is 5.69. The summed E-state index contributed by atoms with van der Waals surface area (Å²) < 4.78 is 1.55. The molecule has 1 atom stereocenters. The molecule has 1 aromatic heterocycles. The van der Waals surface area contributed by atoms with Gasteiger partial charge < -0.3 is 24.8 Å². The van der Waals surface area contributed by atoms with Gasteiger partial charge in [-0.3, -0.25) is 9.79 Å². The maximum Gasteiger partial charge on any atom is 0.293 e. The molecule has 158 valence electrons. The van der Waals surface area contributed by atoms with E-state index in [0.29, 0.717) is 12.4 Å². The number of aliphatic hydroxyl groups is 1. The fourth-order valence-corrected chi connectivity index (χ4v) is 3.26. The zero-order valence-corrected chi connectivity index (χ0v) is 19.4. The molecule has 0 spiro atoms. The van der Waals surface area contributed by atoms with E-state index in [9.17, 15) is 9.90 Å². The molecule has 1 fully saturated rings. The molecule has 2 aromatic rings. The first-order valence-corrected chi connectivity index (χ1v) is 9.48. The fraction of sp³-hybridized carbons (Fsp3) is 0.450. The number of hydrogen-bond acceptors (Lipinski definition) is 5. The standard InChI is InChI=1S/C20H28N6O2.HI/c1-15(27)17-6-4-16(5-7-17)14-23-20(21-2)26-12-10-25(11-13-26)18-19(28)24(3)9-8-22-18;/h4-9,15,27H,10-14H2,1-3H3,(H,21,23);1H. The van der Waals surface area contributed by atoms with Crippen molar-refractivity contribution in [1.29, 1.82) is 0 Å². The first kappa shape index (κ1) is 23.1. The number of aromatic nitrogens is 2. The van der Waals surface area contributed by atoms with Crippen LogP contribution in [0.4, 0.5) is 5.82 Å². The number of nitrogens with one attached hydrogen (secondary N) is 1. The van der Waals surface area contributed by atoms with Gasteiger partial charge in [0.15, 0.2) is 11.8 Å². The molecule has 0 amide bonds. The molecule has 0 bridgehead atoms. The molecule has 1 aromatic carbocycles. The van der Waals surface area contributed by atoms with Gasteiger partial charge in [-0.25, -0.2) is 4.98 Å². The lowest BCUT2D eigenvalue weighted by Gasteiger charge is -2.36. The third-order valence-corrected chi connectivity index (χ3v) is 5.00. The van der Waals surface area contributed by atoms with Gasteiger partial charge in [0.1, 0.15) is 0 Å². The number of guanidine groups is 1. The third-order valence-electron chi connectivity index (χ3n) is 5.00. The highest BCUT2D eigenvalue weighted by atomic mass is 127. The molecule has 29 heavy (non-hydrogen) atoms. The van der Waals surface area contributed by atoms with E-state index < -0.39 is 6.10 Å². The van der Waals surface area contributed by atoms with Crippen LogP contribution < -0.4 is 15.8 Å². The number of aliphatic hydroxyl groups excluding tert-OH is 1. The largest absolute Gasteiger partial charge is 0.389 e. The van der Waals surface area contributed by atoms with Crippen molar-refractivity contribution in [2.75, 3.05) is 38.1 Å². The molecule has 0 saturated carbocycles. The first-order valence-electron chi connectivity index (χ1n) is 9.48. The summed E-state index contributed by atoms with van der Waals surface area (Å²) in [6, 6.07) is 7.90. The van der Waals surface area contributed by atoms with Gasteiger partial charge in [-0.1, -0.05) is 24.3 Å². The molecular formula is C20H29IN6O2. The van der Waals surface area contributed by atoms with E-state index in [0.717, 1.165) is 43.3 Å². The SMILES string of the molecule is CN=C(NCc1ccc(C(C)O)cc1)N1CCN(c2nccn(C)c2=O)CC1.I. The van der Waals surface area contributed by atoms with Gasteiger partial charge in [-0.15, -0.1) is 24.0 Å². The van der Waals surface area contributed by atoms with Gasteiger partial charge in [0, 0.05) is 59.2 Å². The Morgan fingerprint density at radius 2 is 1.90 bits per heavy atom. The summed E-state index contributed by atoms with van der Waals surface area (Å²) in [6.45, 7) is 5.39. The summed E-state index contributed by atoms with van der Waals surface area (Å²) in [5.41, 5.74) is 1.96. The summed E-state index contributed by atoms with van der Waals surface area (Å²) in [5, 5.41) is 13.0. The zero-order chi connectivity index (χ0) is 20.1. The topological polar surface area (TPSA) is 86.0 Å². The Morgan fingerprint density at radius 1 is 1.24 bits per heavy atom. The van der Waals surface area contributed by atoms with Crippen molar-refractivity contribution < 1.29 is 5.11 Å². The number of halogens is 1. The van der Waals surface area contributed by atoms with Crippen LogP contribution in [0, 0.1) is 0 Å². The van der Waals surface area contributed by atoms with E-state index in [-0.39, 0.29) is 29.5 Å². The highest BCUT2D eigenvalue weighted by molar-refractivity contribution is 14.0. The molecule has 0 aliphatic carbocycles. The number of piperazine rings is 1. The van der Waals surface area contributed by atoms with Crippen LogP contribution in [-0.2, 0) is 13.6 Å². The average molecular weight is 512 g/mol. The van der Waals surface area contributed by atoms with Gasteiger partial charge >= 0.3 is 0 Å². The van der Waals surface area contributed by atoms with E-state index in [1.807, 2.05) is 29.2 Å². The molecule has 2 N–H and O–H groups in total. The second-order valence-electron chi connectivity index (χ2n) is 6.96. The van der Waals surface area contributed by atoms with Gasteiger partial charge in [-0.05, 0) is 18.1 Å². The lowest BCUT2D eigenvalue weighted by atomic mass is 10.1. The van der Waals surface area contributed by atoms with Gasteiger partial charge in [0.2, 0.25) is 0 Å². The Hall–Kier alpha value is -2.14. The minimum atomic E-state index is -0.456. The molecule has 9 heteroatoms. The predicted molar refractivity (Wildman–Crippen MR) is 126 cm³/mol. The number of anilines is 1. The first-order chi connectivity index (χ1) is 13.5. The van der Waals surface area contributed by atoms with Crippen molar-refractivity contribution in [3.63, 3.8) is 0 Å². The van der Waals surface area contributed by atoms with Crippen molar-refractivity contribution in [3.05, 3.63) is 58.1 Å². The summed E-state index contributed by atoms with van der Waals surface area (Å²) in [5.74, 6) is 1.35. The van der Waals surface area contributed by atoms with E-state index in [4.69, 9.17) is 0 Å². The summed E-state index contributed by atoms with van der Waals surface area (Å²) in [6.07, 6.45) is 2.87. The van der Waals surface area contributed by atoms with Crippen LogP contribution in [0.15, 0.2) is 46.4 Å². The molecule has 1 unspecified atom stereocenters. The van der Waals surface area contributed by atoms with Crippen LogP contribution in [0.3, 0.4) is 0 Å². The number of rotatable bonds is 4. The van der Waals surface area contributed by atoms with Gasteiger partial charge in [0.25, 0.3) is 5.56 Å². The van der Waals surface area contributed by atoms with Crippen molar-refractivity contribution in [1.82, 2.24) is 19.8 Å². The van der Waals surface area contributed by atoms with Crippen LogP contribution in [0.2, 0.25) is 0 Å². The Balaban J connectivity index is 0.00000300. The number of benzene rings is 1. The average Bonchev–Trinajstić information content (AvgIpc) is 2.71. The molecule has 1 aliphatic heterocycles. The molecule has 1 saturated heterocycles. The van der Waals surface area contributed by atoms with Crippen LogP contribution in [-0.4, -0.2) is 58.7 Å². The van der Waals surface area contributed by atoms with E-state index in [1.54, 1.807) is 38.0 Å². The smallest absolute Gasteiger partial charge is 0.293 e. The number of hydrogen-bond donors (Lipinski definition) is 2. The Labute approximate surface area is 188 Å². The predicted octanol–water partition coefficient (Wildman–Crippen LogP) is 1.35. The fourth-order valence-electron chi connectivity index (χ4n) is 3.26. The number of nitrogens with zero attached hydrogens (tertiary/aromatic N) is 5. The summed E-state index contributed by atoms with van der Waals surface area (Å²) in [7, 11) is 3.52. The minimum Gasteiger partial charge on any atom is -0.389 e. The number of aryl methyl sites for hydroxylation is 1. The highest BCUT2D eigenvalue weighted by Crippen LogP contribution is 2.13. The Morgan fingerprint density at radius 3 is 2.48 bits per heavy atom. The molecule has 3 rings (SSSR count). The molecule has 0 radical (unpaired) electrons. The Bertz CT molecular complexity index is 873. The van der Waals surface area contributed by atoms with Crippen LogP contribution in [0.5, 0.6) is 0 Å². The van der Waals surface area contributed by atoms with Crippen molar-refractivity contribution in [2.45, 2.75) is 19.6 Å². The van der Waals surface area contributed by atoms with Crippen molar-refractivity contribution >= 4 is 35.8 Å². The number of aliphatic imine (C=N–C) groups is 1. The van der Waals surface area contributed by atoms with Crippen LogP contribution in [0.25, 0.3) is 0 Å². The lowest BCUT2D eigenvalue weighted by Crippen LogP contribution is -2.53. The second-order valence-corrected chi connectivity index (χ2v) is 6.96.